The van der Waals surface area contributed by atoms with E-state index in [1.165, 1.54) is 35.1 Å². The van der Waals surface area contributed by atoms with E-state index in [0.29, 0.717) is 11.7 Å². The molecular formula is C24H30ClNO. The number of piperidine rings is 1. The summed E-state index contributed by atoms with van der Waals surface area (Å²) in [5, 5.41) is 0. The lowest BCUT2D eigenvalue weighted by Gasteiger charge is -2.33. The number of rotatable bonds is 4. The number of Topliss-reactive ketones (excluding diaryl/α,β-unsaturated/α-hetero) is 1. The van der Waals surface area contributed by atoms with Gasteiger partial charge in [-0.2, -0.15) is 0 Å². The number of likely N-dealkylation sites (tertiary alicyclic amines) is 1. The summed E-state index contributed by atoms with van der Waals surface area (Å²) in [6.45, 7) is 7.63. The number of halogens is 1. The summed E-state index contributed by atoms with van der Waals surface area (Å²) in [6.07, 6.45) is 4.49. The van der Waals surface area contributed by atoms with Crippen LogP contribution < -0.4 is 0 Å². The molecule has 0 N–H and O–H groups in total. The summed E-state index contributed by atoms with van der Waals surface area (Å²) in [5.74, 6) is 1.32. The molecule has 144 valence electrons. The predicted molar refractivity (Wildman–Crippen MR) is 114 cm³/mol. The van der Waals surface area contributed by atoms with Crippen molar-refractivity contribution in [2.24, 2.45) is 11.8 Å². The van der Waals surface area contributed by atoms with Crippen LogP contribution in [0.25, 0.3) is 0 Å². The largest absolute Gasteiger partial charge is 0.299 e. The highest BCUT2D eigenvalue weighted by Crippen LogP contribution is 2.35. The Morgan fingerprint density at radius 2 is 1.67 bits per heavy atom. The van der Waals surface area contributed by atoms with Crippen molar-refractivity contribution in [2.75, 3.05) is 13.1 Å². The van der Waals surface area contributed by atoms with Crippen molar-refractivity contribution >= 4 is 18.2 Å². The normalized spacial score (nSPS) is 20.4. The van der Waals surface area contributed by atoms with Crippen LogP contribution in [0.1, 0.15) is 51.9 Å². The van der Waals surface area contributed by atoms with Crippen molar-refractivity contribution in [3.8, 4) is 0 Å². The summed E-state index contributed by atoms with van der Waals surface area (Å²) < 4.78 is 0. The maximum atomic E-state index is 12.8. The topological polar surface area (TPSA) is 20.3 Å². The van der Waals surface area contributed by atoms with Crippen molar-refractivity contribution in [3.63, 3.8) is 0 Å². The monoisotopic (exact) mass is 383 g/mol. The van der Waals surface area contributed by atoms with Crippen LogP contribution in [0.5, 0.6) is 0 Å². The summed E-state index contributed by atoms with van der Waals surface area (Å²) in [5.41, 5.74) is 6.24. The Hall–Kier alpha value is -1.64. The second-order valence-corrected chi connectivity index (χ2v) is 8.30. The third-order valence-corrected chi connectivity index (χ3v) is 6.40. The van der Waals surface area contributed by atoms with E-state index < -0.39 is 0 Å². The van der Waals surface area contributed by atoms with Gasteiger partial charge in [0, 0.05) is 18.0 Å². The molecule has 1 unspecified atom stereocenters. The number of benzene rings is 2. The molecule has 0 spiro atoms. The van der Waals surface area contributed by atoms with Crippen molar-refractivity contribution in [1.82, 2.24) is 4.90 Å². The van der Waals surface area contributed by atoms with E-state index in [9.17, 15) is 4.79 Å². The predicted octanol–water partition coefficient (Wildman–Crippen LogP) is 5.38. The van der Waals surface area contributed by atoms with Crippen LogP contribution in [0.15, 0.2) is 42.5 Å². The van der Waals surface area contributed by atoms with Gasteiger partial charge in [-0.05, 0) is 86.9 Å². The summed E-state index contributed by atoms with van der Waals surface area (Å²) in [6, 6.07) is 15.1. The third-order valence-electron chi connectivity index (χ3n) is 6.40. The van der Waals surface area contributed by atoms with E-state index in [1.54, 1.807) is 0 Å². The molecule has 2 aliphatic rings. The number of nitrogens with zero attached hydrogens (tertiary/aromatic N) is 1. The number of aryl methyl sites for hydroxylation is 2. The molecule has 0 bridgehead atoms. The van der Waals surface area contributed by atoms with Crippen LogP contribution in [-0.4, -0.2) is 23.8 Å². The van der Waals surface area contributed by atoms with Crippen molar-refractivity contribution in [2.45, 2.75) is 46.1 Å². The van der Waals surface area contributed by atoms with Crippen LogP contribution >= 0.6 is 12.4 Å². The van der Waals surface area contributed by atoms with E-state index in [4.69, 9.17) is 0 Å². The van der Waals surface area contributed by atoms with Crippen LogP contribution in [0.3, 0.4) is 0 Å². The molecule has 1 heterocycles. The first kappa shape index (κ1) is 20.1. The Bertz CT molecular complexity index is 794. The zero-order valence-electron chi connectivity index (χ0n) is 16.4. The molecule has 2 aromatic rings. The van der Waals surface area contributed by atoms with Gasteiger partial charge in [0.05, 0.1) is 0 Å². The van der Waals surface area contributed by atoms with E-state index in [2.05, 4.69) is 61.2 Å². The van der Waals surface area contributed by atoms with Gasteiger partial charge in [0.25, 0.3) is 0 Å². The lowest BCUT2D eigenvalue weighted by atomic mass is 9.85. The Morgan fingerprint density at radius 3 is 2.37 bits per heavy atom. The molecule has 2 aromatic carbocycles. The molecule has 3 heteroatoms. The molecule has 1 aliphatic carbocycles. The molecule has 1 aliphatic heterocycles. The SMILES string of the molecule is Cc1cc2c(cc1C)C(=O)C(CC1CCN(Cc3ccccc3)CC1)C2.Cl. The average Bonchev–Trinajstić information content (AvgIpc) is 2.93. The van der Waals surface area contributed by atoms with Crippen molar-refractivity contribution in [3.05, 3.63) is 70.3 Å². The van der Waals surface area contributed by atoms with Crippen LogP contribution in [-0.2, 0) is 13.0 Å². The highest BCUT2D eigenvalue weighted by molar-refractivity contribution is 6.02. The number of carbonyl (C=O) groups is 1. The Balaban J connectivity index is 0.00000210. The molecule has 27 heavy (non-hydrogen) atoms. The third kappa shape index (κ3) is 4.44. The Kier molecular flexibility index (Phi) is 6.39. The molecule has 2 nitrogen and oxygen atoms in total. The summed E-state index contributed by atoms with van der Waals surface area (Å²) in [4.78, 5) is 15.4. The fraction of sp³-hybridized carbons (Fsp3) is 0.458. The molecule has 4 rings (SSSR count). The minimum Gasteiger partial charge on any atom is -0.299 e. The van der Waals surface area contributed by atoms with Gasteiger partial charge in [-0.3, -0.25) is 9.69 Å². The van der Waals surface area contributed by atoms with Gasteiger partial charge >= 0.3 is 0 Å². The smallest absolute Gasteiger partial charge is 0.166 e. The maximum Gasteiger partial charge on any atom is 0.166 e. The lowest BCUT2D eigenvalue weighted by molar-refractivity contribution is 0.0895. The van der Waals surface area contributed by atoms with Gasteiger partial charge in [-0.25, -0.2) is 0 Å². The molecule has 0 amide bonds. The quantitative estimate of drug-likeness (QED) is 0.706. The fourth-order valence-electron chi connectivity index (χ4n) is 4.67. The van der Waals surface area contributed by atoms with Gasteiger partial charge in [-0.15, -0.1) is 12.4 Å². The first-order valence-corrected chi connectivity index (χ1v) is 10.0. The Labute approximate surface area is 169 Å². The highest BCUT2D eigenvalue weighted by atomic mass is 35.5. The first-order chi connectivity index (χ1) is 12.6. The van der Waals surface area contributed by atoms with E-state index in [0.717, 1.165) is 38.0 Å². The van der Waals surface area contributed by atoms with Gasteiger partial charge in [0.2, 0.25) is 0 Å². The minimum atomic E-state index is 0. The average molecular weight is 384 g/mol. The lowest BCUT2D eigenvalue weighted by Crippen LogP contribution is -2.34. The maximum absolute atomic E-state index is 12.8. The Morgan fingerprint density at radius 1 is 1.00 bits per heavy atom. The second-order valence-electron chi connectivity index (χ2n) is 8.30. The summed E-state index contributed by atoms with van der Waals surface area (Å²) >= 11 is 0. The van der Waals surface area contributed by atoms with Gasteiger partial charge < -0.3 is 0 Å². The standard InChI is InChI=1S/C24H29NO.ClH/c1-17-12-21-15-22(24(26)23(21)13-18(17)2)14-19-8-10-25(11-9-19)16-20-6-4-3-5-7-20;/h3-7,12-13,19,22H,8-11,14-16H2,1-2H3;1H. The van der Waals surface area contributed by atoms with Crippen molar-refractivity contribution < 1.29 is 4.79 Å². The number of ketones is 1. The number of hydrogen-bond acceptors (Lipinski definition) is 2. The zero-order valence-corrected chi connectivity index (χ0v) is 17.2. The first-order valence-electron chi connectivity index (χ1n) is 10.0. The van der Waals surface area contributed by atoms with E-state index in [-0.39, 0.29) is 18.3 Å². The molecule has 0 saturated carbocycles. The van der Waals surface area contributed by atoms with Crippen LogP contribution in [0, 0.1) is 25.7 Å². The minimum absolute atomic E-state index is 0. The second kappa shape index (κ2) is 8.58. The van der Waals surface area contributed by atoms with Gasteiger partial charge in [0.1, 0.15) is 0 Å². The number of fused-ring (bicyclic) bond motifs is 1. The summed E-state index contributed by atoms with van der Waals surface area (Å²) in [7, 11) is 0. The van der Waals surface area contributed by atoms with Crippen molar-refractivity contribution in [1.29, 1.82) is 0 Å². The fourth-order valence-corrected chi connectivity index (χ4v) is 4.67. The molecule has 1 atom stereocenters. The van der Waals surface area contributed by atoms with E-state index in [1.807, 2.05) is 0 Å². The molecule has 0 radical (unpaired) electrons. The molecular weight excluding hydrogens is 354 g/mol. The van der Waals surface area contributed by atoms with Gasteiger partial charge in [0.15, 0.2) is 5.78 Å². The van der Waals surface area contributed by atoms with Crippen LogP contribution in [0.2, 0.25) is 0 Å². The number of hydrogen-bond donors (Lipinski definition) is 0. The molecule has 1 fully saturated rings. The molecule has 1 saturated heterocycles. The highest BCUT2D eigenvalue weighted by Gasteiger charge is 2.33. The number of carbonyl (C=O) groups excluding carboxylic acids is 1. The molecule has 0 aromatic heterocycles. The van der Waals surface area contributed by atoms with Crippen LogP contribution in [0.4, 0.5) is 0 Å². The van der Waals surface area contributed by atoms with Gasteiger partial charge in [-0.1, -0.05) is 36.4 Å². The zero-order chi connectivity index (χ0) is 18.1. The van der Waals surface area contributed by atoms with E-state index >= 15 is 0 Å².